The van der Waals surface area contributed by atoms with Crippen LogP contribution in [0.4, 0.5) is 5.69 Å². The Morgan fingerprint density at radius 1 is 1.62 bits per heavy atom. The second-order valence-corrected chi connectivity index (χ2v) is 3.75. The Kier molecular flexibility index (Phi) is 4.18. The van der Waals surface area contributed by atoms with Crippen molar-refractivity contribution in [2.45, 2.75) is 19.4 Å². The predicted octanol–water partition coefficient (Wildman–Crippen LogP) is 2.03. The van der Waals surface area contributed by atoms with E-state index in [4.69, 9.17) is 0 Å². The fraction of sp³-hybridized carbons (Fsp3) is 0.444. The molecule has 0 fully saturated rings. The maximum atomic E-state index is 9.29. The highest BCUT2D eigenvalue weighted by Gasteiger charge is 2.00. The average Bonchev–Trinajstić information content (AvgIpc) is 2.14. The molecule has 0 spiro atoms. The molecular formula is C9H13BrN2O. The first-order valence-electron chi connectivity index (χ1n) is 4.25. The van der Waals surface area contributed by atoms with Gasteiger partial charge in [0.15, 0.2) is 0 Å². The SMILES string of the molecule is CCC(O)CNc1cncc(Br)c1. The van der Waals surface area contributed by atoms with Crippen LogP contribution in [0, 0.1) is 0 Å². The highest BCUT2D eigenvalue weighted by atomic mass is 79.9. The molecule has 13 heavy (non-hydrogen) atoms. The van der Waals surface area contributed by atoms with Crippen molar-refractivity contribution in [2.24, 2.45) is 0 Å². The molecule has 0 aliphatic rings. The zero-order chi connectivity index (χ0) is 9.68. The molecule has 1 heterocycles. The van der Waals surface area contributed by atoms with Crippen molar-refractivity contribution in [3.05, 3.63) is 22.9 Å². The van der Waals surface area contributed by atoms with Crippen molar-refractivity contribution in [1.82, 2.24) is 4.98 Å². The lowest BCUT2D eigenvalue weighted by molar-refractivity contribution is 0.183. The van der Waals surface area contributed by atoms with Crippen LogP contribution < -0.4 is 5.32 Å². The molecule has 0 aliphatic carbocycles. The fourth-order valence-electron chi connectivity index (χ4n) is 0.889. The largest absolute Gasteiger partial charge is 0.391 e. The minimum absolute atomic E-state index is 0.293. The van der Waals surface area contributed by atoms with E-state index in [0.717, 1.165) is 16.6 Å². The number of rotatable bonds is 4. The molecule has 0 radical (unpaired) electrons. The van der Waals surface area contributed by atoms with Gasteiger partial charge in [-0.05, 0) is 28.4 Å². The summed E-state index contributed by atoms with van der Waals surface area (Å²) in [5, 5.41) is 12.4. The lowest BCUT2D eigenvalue weighted by atomic mass is 10.3. The molecule has 0 saturated carbocycles. The number of nitrogens with one attached hydrogen (secondary N) is 1. The molecule has 0 aromatic carbocycles. The summed E-state index contributed by atoms with van der Waals surface area (Å²) in [5.41, 5.74) is 0.918. The Morgan fingerprint density at radius 2 is 2.38 bits per heavy atom. The van der Waals surface area contributed by atoms with Gasteiger partial charge in [-0.2, -0.15) is 0 Å². The van der Waals surface area contributed by atoms with E-state index in [1.807, 2.05) is 13.0 Å². The van der Waals surface area contributed by atoms with Crippen LogP contribution in [0.1, 0.15) is 13.3 Å². The van der Waals surface area contributed by atoms with E-state index >= 15 is 0 Å². The average molecular weight is 245 g/mol. The van der Waals surface area contributed by atoms with E-state index < -0.39 is 0 Å². The van der Waals surface area contributed by atoms with Crippen molar-refractivity contribution in [1.29, 1.82) is 0 Å². The van der Waals surface area contributed by atoms with Crippen LogP contribution in [0.2, 0.25) is 0 Å². The van der Waals surface area contributed by atoms with E-state index in [1.165, 1.54) is 0 Å². The number of halogens is 1. The van der Waals surface area contributed by atoms with E-state index in [2.05, 4.69) is 26.2 Å². The minimum Gasteiger partial charge on any atom is -0.391 e. The summed E-state index contributed by atoms with van der Waals surface area (Å²) in [4.78, 5) is 4.00. The molecule has 72 valence electrons. The maximum absolute atomic E-state index is 9.29. The zero-order valence-corrected chi connectivity index (χ0v) is 9.08. The first-order chi connectivity index (χ1) is 6.22. The van der Waals surface area contributed by atoms with E-state index in [-0.39, 0.29) is 6.10 Å². The van der Waals surface area contributed by atoms with Gasteiger partial charge in [-0.3, -0.25) is 4.98 Å². The van der Waals surface area contributed by atoms with Gasteiger partial charge >= 0.3 is 0 Å². The number of hydrogen-bond donors (Lipinski definition) is 2. The number of aromatic nitrogens is 1. The highest BCUT2D eigenvalue weighted by Crippen LogP contribution is 2.13. The van der Waals surface area contributed by atoms with Gasteiger partial charge in [0.1, 0.15) is 0 Å². The van der Waals surface area contributed by atoms with E-state index in [0.29, 0.717) is 6.54 Å². The number of pyridine rings is 1. The van der Waals surface area contributed by atoms with Gasteiger partial charge in [0.05, 0.1) is 18.0 Å². The summed E-state index contributed by atoms with van der Waals surface area (Å²) in [6, 6.07) is 1.93. The number of aliphatic hydroxyl groups excluding tert-OH is 1. The molecule has 1 atom stereocenters. The van der Waals surface area contributed by atoms with Crippen molar-refractivity contribution < 1.29 is 5.11 Å². The summed E-state index contributed by atoms with van der Waals surface area (Å²) in [6.45, 7) is 2.51. The molecule has 4 heteroatoms. The Bertz CT molecular complexity index is 268. The normalized spacial score (nSPS) is 12.5. The number of nitrogens with zero attached hydrogens (tertiary/aromatic N) is 1. The minimum atomic E-state index is -0.293. The van der Waals surface area contributed by atoms with Crippen LogP contribution in [0.15, 0.2) is 22.9 Å². The molecular weight excluding hydrogens is 232 g/mol. The zero-order valence-electron chi connectivity index (χ0n) is 7.50. The number of hydrogen-bond acceptors (Lipinski definition) is 3. The van der Waals surface area contributed by atoms with E-state index in [1.54, 1.807) is 12.4 Å². The molecule has 0 bridgehead atoms. The van der Waals surface area contributed by atoms with Gasteiger partial charge in [-0.1, -0.05) is 6.92 Å². The van der Waals surface area contributed by atoms with Crippen LogP contribution in [0.5, 0.6) is 0 Å². The van der Waals surface area contributed by atoms with E-state index in [9.17, 15) is 5.11 Å². The van der Waals surface area contributed by atoms with Crippen LogP contribution >= 0.6 is 15.9 Å². The topological polar surface area (TPSA) is 45.1 Å². The van der Waals surface area contributed by atoms with Gasteiger partial charge in [-0.25, -0.2) is 0 Å². The van der Waals surface area contributed by atoms with Crippen molar-refractivity contribution in [3.63, 3.8) is 0 Å². The lowest BCUT2D eigenvalue weighted by Crippen LogP contribution is -2.18. The van der Waals surface area contributed by atoms with Gasteiger partial charge in [-0.15, -0.1) is 0 Å². The Labute approximate surface area is 86.3 Å². The number of aliphatic hydroxyl groups is 1. The maximum Gasteiger partial charge on any atom is 0.0709 e. The molecule has 1 rings (SSSR count). The first-order valence-corrected chi connectivity index (χ1v) is 5.04. The second kappa shape index (κ2) is 5.19. The molecule has 1 aromatic heterocycles. The third-order valence-electron chi connectivity index (χ3n) is 1.72. The molecule has 0 amide bonds. The van der Waals surface area contributed by atoms with Crippen LogP contribution in [0.25, 0.3) is 0 Å². The third-order valence-corrected chi connectivity index (χ3v) is 2.15. The van der Waals surface area contributed by atoms with Gasteiger partial charge < -0.3 is 10.4 Å². The molecule has 0 aliphatic heterocycles. The van der Waals surface area contributed by atoms with Crippen LogP contribution in [0.3, 0.4) is 0 Å². The van der Waals surface area contributed by atoms with Crippen molar-refractivity contribution in [3.8, 4) is 0 Å². The monoisotopic (exact) mass is 244 g/mol. The Morgan fingerprint density at radius 3 is 3.00 bits per heavy atom. The molecule has 1 unspecified atom stereocenters. The summed E-state index contributed by atoms with van der Waals surface area (Å²) in [6.07, 6.45) is 3.92. The molecule has 2 N–H and O–H groups in total. The lowest BCUT2D eigenvalue weighted by Gasteiger charge is -2.10. The van der Waals surface area contributed by atoms with Crippen molar-refractivity contribution >= 4 is 21.6 Å². The summed E-state index contributed by atoms with van der Waals surface area (Å²) < 4.78 is 0.934. The van der Waals surface area contributed by atoms with Gasteiger partial charge in [0, 0.05) is 17.2 Å². The quantitative estimate of drug-likeness (QED) is 0.853. The summed E-state index contributed by atoms with van der Waals surface area (Å²) >= 11 is 3.32. The molecule has 0 saturated heterocycles. The number of anilines is 1. The summed E-state index contributed by atoms with van der Waals surface area (Å²) in [5.74, 6) is 0. The van der Waals surface area contributed by atoms with Gasteiger partial charge in [0.25, 0.3) is 0 Å². The smallest absolute Gasteiger partial charge is 0.0709 e. The third kappa shape index (κ3) is 3.74. The molecule has 3 nitrogen and oxygen atoms in total. The fourth-order valence-corrected chi connectivity index (χ4v) is 1.25. The predicted molar refractivity (Wildman–Crippen MR) is 56.7 cm³/mol. The Balaban J connectivity index is 2.45. The second-order valence-electron chi connectivity index (χ2n) is 2.83. The van der Waals surface area contributed by atoms with Gasteiger partial charge in [0.2, 0.25) is 0 Å². The Hall–Kier alpha value is -0.610. The summed E-state index contributed by atoms with van der Waals surface area (Å²) in [7, 11) is 0. The van der Waals surface area contributed by atoms with Crippen LogP contribution in [-0.2, 0) is 0 Å². The first kappa shape index (κ1) is 10.5. The standard InChI is InChI=1S/C9H13BrN2O/c1-2-9(13)6-12-8-3-7(10)4-11-5-8/h3-5,9,12-13H,2,6H2,1H3. The molecule has 1 aromatic rings. The van der Waals surface area contributed by atoms with Crippen molar-refractivity contribution in [2.75, 3.05) is 11.9 Å². The van der Waals surface area contributed by atoms with Crippen LogP contribution in [-0.4, -0.2) is 22.7 Å². The highest BCUT2D eigenvalue weighted by molar-refractivity contribution is 9.10.